The third-order valence-electron chi connectivity index (χ3n) is 3.11. The van der Waals surface area contributed by atoms with E-state index in [9.17, 15) is 8.78 Å². The molecule has 0 amide bonds. The third-order valence-corrected chi connectivity index (χ3v) is 3.62. The summed E-state index contributed by atoms with van der Waals surface area (Å²) in [5.41, 5.74) is 0.391. The summed E-state index contributed by atoms with van der Waals surface area (Å²) in [7, 11) is 0. The summed E-state index contributed by atoms with van der Waals surface area (Å²) in [6.07, 6.45) is 3.87. The maximum absolute atomic E-state index is 13.3. The largest absolute Gasteiger partial charge is 0.204 e. The fraction of sp³-hybridized carbons (Fsp3) is 0.500. The van der Waals surface area contributed by atoms with Crippen LogP contribution in [0.5, 0.6) is 0 Å². The van der Waals surface area contributed by atoms with Crippen molar-refractivity contribution in [3.05, 3.63) is 35.4 Å². The van der Waals surface area contributed by atoms with Gasteiger partial charge in [0.1, 0.15) is 0 Å². The average molecular weight is 231 g/mol. The lowest BCUT2D eigenvalue weighted by Gasteiger charge is -2.29. The normalized spacial score (nSPS) is 18.6. The van der Waals surface area contributed by atoms with E-state index in [1.54, 1.807) is 6.07 Å². The quantitative estimate of drug-likeness (QED) is 0.691. The number of hydrogen-bond acceptors (Lipinski definition) is 0. The molecule has 1 aromatic rings. The van der Waals surface area contributed by atoms with Gasteiger partial charge in [-0.25, -0.2) is 8.78 Å². The van der Waals surface area contributed by atoms with E-state index in [1.165, 1.54) is 12.5 Å². The Labute approximate surface area is 93.2 Å². The highest BCUT2D eigenvalue weighted by molar-refractivity contribution is 6.21. The number of benzene rings is 1. The first-order chi connectivity index (χ1) is 7.18. The van der Waals surface area contributed by atoms with Crippen LogP contribution in [0.4, 0.5) is 8.78 Å². The van der Waals surface area contributed by atoms with Crippen molar-refractivity contribution in [2.24, 2.45) is 5.92 Å². The Hall–Kier alpha value is -0.630. The van der Waals surface area contributed by atoms with Crippen LogP contribution in [0.25, 0.3) is 0 Å². The summed E-state index contributed by atoms with van der Waals surface area (Å²) in [6, 6.07) is 4.26. The van der Waals surface area contributed by atoms with Crippen LogP contribution in [-0.4, -0.2) is 5.38 Å². The molecule has 0 N–H and O–H groups in total. The molecule has 82 valence electrons. The van der Waals surface area contributed by atoms with Crippen LogP contribution in [0, 0.1) is 17.6 Å². The van der Waals surface area contributed by atoms with Gasteiger partial charge < -0.3 is 0 Å². The highest BCUT2D eigenvalue weighted by atomic mass is 35.5. The van der Waals surface area contributed by atoms with Gasteiger partial charge in [0.2, 0.25) is 0 Å². The van der Waals surface area contributed by atoms with Crippen LogP contribution >= 0.6 is 11.6 Å². The van der Waals surface area contributed by atoms with E-state index in [0.717, 1.165) is 18.9 Å². The molecule has 1 fully saturated rings. The highest BCUT2D eigenvalue weighted by Crippen LogP contribution is 2.34. The number of hydrogen-bond donors (Lipinski definition) is 0. The van der Waals surface area contributed by atoms with E-state index in [-0.39, 0.29) is 5.38 Å². The Balaban J connectivity index is 2.06. The number of rotatable bonds is 3. The van der Waals surface area contributed by atoms with Gasteiger partial charge >= 0.3 is 0 Å². The molecule has 1 atom stereocenters. The van der Waals surface area contributed by atoms with Gasteiger partial charge in [-0.2, -0.15) is 0 Å². The summed E-state index contributed by atoms with van der Waals surface area (Å²) in [6.45, 7) is 0. The summed E-state index contributed by atoms with van der Waals surface area (Å²) < 4.78 is 26.2. The van der Waals surface area contributed by atoms with Gasteiger partial charge in [-0.1, -0.05) is 18.6 Å². The Morgan fingerprint density at radius 2 is 2.07 bits per heavy atom. The average Bonchev–Trinajstić information content (AvgIpc) is 2.10. The predicted octanol–water partition coefficient (Wildman–Crippen LogP) is 3.91. The Morgan fingerprint density at radius 1 is 1.33 bits per heavy atom. The minimum atomic E-state index is -0.787. The van der Waals surface area contributed by atoms with E-state index in [1.807, 2.05) is 0 Å². The topological polar surface area (TPSA) is 0 Å². The van der Waals surface area contributed by atoms with Crippen LogP contribution in [0.2, 0.25) is 0 Å². The Kier molecular flexibility index (Phi) is 3.25. The third kappa shape index (κ3) is 2.31. The molecule has 1 aromatic carbocycles. The molecule has 1 aliphatic carbocycles. The number of halogens is 3. The van der Waals surface area contributed by atoms with Gasteiger partial charge in [-0.3, -0.25) is 0 Å². The van der Waals surface area contributed by atoms with E-state index in [4.69, 9.17) is 11.6 Å². The molecule has 0 radical (unpaired) electrons. The van der Waals surface area contributed by atoms with Crippen LogP contribution < -0.4 is 0 Å². The Morgan fingerprint density at radius 3 is 2.67 bits per heavy atom. The van der Waals surface area contributed by atoms with E-state index >= 15 is 0 Å². The molecule has 1 saturated carbocycles. The summed E-state index contributed by atoms with van der Waals surface area (Å²) in [5.74, 6) is -1.05. The minimum Gasteiger partial charge on any atom is -0.204 e. The van der Waals surface area contributed by atoms with Crippen molar-refractivity contribution in [3.8, 4) is 0 Å². The maximum atomic E-state index is 13.3. The predicted molar refractivity (Wildman–Crippen MR) is 57.0 cm³/mol. The lowest BCUT2D eigenvalue weighted by molar-refractivity contribution is 0.300. The molecule has 0 aromatic heterocycles. The zero-order valence-corrected chi connectivity index (χ0v) is 9.11. The molecular weight excluding hydrogens is 218 g/mol. The lowest BCUT2D eigenvalue weighted by Crippen LogP contribution is -2.24. The molecule has 0 nitrogen and oxygen atoms in total. The first-order valence-corrected chi connectivity index (χ1v) is 5.69. The molecule has 0 saturated heterocycles. The molecule has 0 bridgehead atoms. The first-order valence-electron chi connectivity index (χ1n) is 5.25. The molecule has 0 spiro atoms. The smallest absolute Gasteiger partial charge is 0.162 e. The SMILES string of the molecule is Fc1cccc(CC(Cl)C2CCC2)c1F. The first kappa shape index (κ1) is 10.9. The molecule has 1 aliphatic rings. The van der Waals surface area contributed by atoms with Gasteiger partial charge in [0, 0.05) is 5.38 Å². The van der Waals surface area contributed by atoms with Crippen molar-refractivity contribution in [2.45, 2.75) is 31.1 Å². The molecule has 1 unspecified atom stereocenters. The molecule has 0 aliphatic heterocycles. The van der Waals surface area contributed by atoms with E-state index < -0.39 is 11.6 Å². The van der Waals surface area contributed by atoms with Gasteiger partial charge in [0.25, 0.3) is 0 Å². The van der Waals surface area contributed by atoms with Gasteiger partial charge in [0.05, 0.1) is 0 Å². The van der Waals surface area contributed by atoms with Crippen molar-refractivity contribution in [2.75, 3.05) is 0 Å². The second-order valence-corrected chi connectivity index (χ2v) is 4.68. The second kappa shape index (κ2) is 4.48. The minimum absolute atomic E-state index is 0.0601. The van der Waals surface area contributed by atoms with Gasteiger partial charge in [-0.15, -0.1) is 11.6 Å². The molecule has 0 heterocycles. The second-order valence-electron chi connectivity index (χ2n) is 4.12. The van der Waals surface area contributed by atoms with Crippen LogP contribution in [0.1, 0.15) is 24.8 Å². The zero-order chi connectivity index (χ0) is 10.8. The van der Waals surface area contributed by atoms with E-state index in [2.05, 4.69) is 0 Å². The standard InChI is InChI=1S/C12H13ClF2/c13-10(8-3-1-4-8)7-9-5-2-6-11(14)12(9)15/h2,5-6,8,10H,1,3-4,7H2. The number of alkyl halides is 1. The fourth-order valence-corrected chi connectivity index (χ4v) is 2.30. The highest BCUT2D eigenvalue weighted by Gasteiger charge is 2.26. The zero-order valence-electron chi connectivity index (χ0n) is 8.35. The van der Waals surface area contributed by atoms with Crippen molar-refractivity contribution in [1.29, 1.82) is 0 Å². The fourth-order valence-electron chi connectivity index (χ4n) is 1.88. The van der Waals surface area contributed by atoms with Crippen molar-refractivity contribution in [3.63, 3.8) is 0 Å². The Bertz CT molecular complexity index is 347. The van der Waals surface area contributed by atoms with Crippen LogP contribution in [0.15, 0.2) is 18.2 Å². The molecule has 15 heavy (non-hydrogen) atoms. The summed E-state index contributed by atoms with van der Waals surface area (Å²) >= 11 is 6.15. The molecule has 2 rings (SSSR count). The summed E-state index contributed by atoms with van der Waals surface area (Å²) in [4.78, 5) is 0. The maximum Gasteiger partial charge on any atom is 0.162 e. The van der Waals surface area contributed by atoms with Gasteiger partial charge in [-0.05, 0) is 36.8 Å². The van der Waals surface area contributed by atoms with E-state index in [0.29, 0.717) is 17.9 Å². The molecule has 3 heteroatoms. The monoisotopic (exact) mass is 230 g/mol. The van der Waals surface area contributed by atoms with Crippen LogP contribution in [0.3, 0.4) is 0 Å². The van der Waals surface area contributed by atoms with Crippen molar-refractivity contribution < 1.29 is 8.78 Å². The van der Waals surface area contributed by atoms with Crippen molar-refractivity contribution >= 4 is 11.6 Å². The van der Waals surface area contributed by atoms with Gasteiger partial charge in [0.15, 0.2) is 11.6 Å². The van der Waals surface area contributed by atoms with Crippen LogP contribution in [-0.2, 0) is 6.42 Å². The summed E-state index contributed by atoms with van der Waals surface area (Å²) in [5, 5.41) is -0.0601. The lowest BCUT2D eigenvalue weighted by atomic mass is 9.81. The molecular formula is C12H13ClF2. The van der Waals surface area contributed by atoms with Crippen molar-refractivity contribution in [1.82, 2.24) is 0 Å².